The highest BCUT2D eigenvalue weighted by molar-refractivity contribution is 7.98. The van der Waals surface area contributed by atoms with Gasteiger partial charge in [0.25, 0.3) is 0 Å². The summed E-state index contributed by atoms with van der Waals surface area (Å²) in [5.74, 6) is 0.000467. The monoisotopic (exact) mass is 254 g/mol. The molecule has 1 aromatic carbocycles. The summed E-state index contributed by atoms with van der Waals surface area (Å²) in [5.41, 5.74) is 0.405. The van der Waals surface area contributed by atoms with Crippen molar-refractivity contribution < 1.29 is 19.4 Å². The lowest BCUT2D eigenvalue weighted by atomic mass is 10.1. The van der Waals surface area contributed by atoms with Gasteiger partial charge in [-0.3, -0.25) is 0 Å². The molecule has 1 N–H and O–H groups in total. The molecule has 0 spiro atoms. The molecule has 4 nitrogen and oxygen atoms in total. The van der Waals surface area contributed by atoms with E-state index in [0.717, 1.165) is 4.90 Å². The Morgan fingerprint density at radius 3 is 2.29 bits per heavy atom. The van der Waals surface area contributed by atoms with E-state index in [-0.39, 0.29) is 5.57 Å². The van der Waals surface area contributed by atoms with E-state index in [1.807, 2.05) is 6.26 Å². The summed E-state index contributed by atoms with van der Waals surface area (Å²) in [6.45, 7) is 3.52. The Balaban J connectivity index is 3.38. The number of hydrogen-bond acceptors (Lipinski definition) is 4. The minimum Gasteiger partial charge on any atom is -0.496 e. The Hall–Kier alpha value is -1.62. The molecule has 1 rings (SSSR count). The van der Waals surface area contributed by atoms with Crippen LogP contribution in [0.25, 0.3) is 5.57 Å². The summed E-state index contributed by atoms with van der Waals surface area (Å²) in [7, 11) is 3.03. The third-order valence-corrected chi connectivity index (χ3v) is 3.05. The number of carboxylic acids is 1. The Morgan fingerprint density at radius 2 is 1.88 bits per heavy atom. The minimum atomic E-state index is -1.08. The molecule has 17 heavy (non-hydrogen) atoms. The standard InChI is InChI=1S/C12H14O4S/c1-7(12(13)14)8-5-10(16-3)11(17-4)6-9(8)15-2/h5-6H,1H2,2-4H3,(H,13,14). The molecule has 0 aliphatic rings. The summed E-state index contributed by atoms with van der Waals surface area (Å²) in [6, 6.07) is 3.37. The summed E-state index contributed by atoms with van der Waals surface area (Å²) < 4.78 is 10.4. The van der Waals surface area contributed by atoms with Crippen molar-refractivity contribution in [3.05, 3.63) is 24.3 Å². The Labute approximate surface area is 104 Å². The predicted octanol–water partition coefficient (Wildman–Crippen LogP) is 2.52. The van der Waals surface area contributed by atoms with Gasteiger partial charge in [-0.2, -0.15) is 0 Å². The van der Waals surface area contributed by atoms with E-state index >= 15 is 0 Å². The van der Waals surface area contributed by atoms with Crippen LogP contribution in [0.4, 0.5) is 0 Å². The number of thioether (sulfide) groups is 1. The van der Waals surface area contributed by atoms with Gasteiger partial charge in [-0.05, 0) is 18.4 Å². The van der Waals surface area contributed by atoms with Crippen LogP contribution in [0.15, 0.2) is 23.6 Å². The van der Waals surface area contributed by atoms with Crippen molar-refractivity contribution in [1.82, 2.24) is 0 Å². The lowest BCUT2D eigenvalue weighted by Crippen LogP contribution is -2.01. The zero-order valence-electron chi connectivity index (χ0n) is 9.94. The minimum absolute atomic E-state index is 0.0206. The van der Waals surface area contributed by atoms with Crippen molar-refractivity contribution in [1.29, 1.82) is 0 Å². The van der Waals surface area contributed by atoms with Crippen LogP contribution in [0.1, 0.15) is 5.56 Å². The molecular formula is C12H14O4S. The Kier molecular flexibility index (Phi) is 4.45. The first kappa shape index (κ1) is 13.4. The molecule has 0 saturated heterocycles. The van der Waals surface area contributed by atoms with Gasteiger partial charge in [-0.25, -0.2) is 4.79 Å². The van der Waals surface area contributed by atoms with Crippen molar-refractivity contribution in [3.63, 3.8) is 0 Å². The maximum Gasteiger partial charge on any atom is 0.335 e. The van der Waals surface area contributed by atoms with Gasteiger partial charge in [-0.15, -0.1) is 11.8 Å². The highest BCUT2D eigenvalue weighted by atomic mass is 32.2. The first-order chi connectivity index (χ1) is 8.04. The normalized spacial score (nSPS) is 9.82. The second-order valence-electron chi connectivity index (χ2n) is 3.19. The number of benzene rings is 1. The van der Waals surface area contributed by atoms with E-state index in [1.54, 1.807) is 12.1 Å². The zero-order valence-corrected chi connectivity index (χ0v) is 10.8. The summed E-state index contributed by atoms with van der Waals surface area (Å²) in [4.78, 5) is 11.8. The SMILES string of the molecule is C=C(C(=O)O)c1cc(OC)c(SC)cc1OC. The number of aliphatic carboxylic acids is 1. The Morgan fingerprint density at radius 1 is 1.29 bits per heavy atom. The van der Waals surface area contributed by atoms with Gasteiger partial charge in [0.05, 0.1) is 24.7 Å². The van der Waals surface area contributed by atoms with Crippen LogP contribution in [0, 0.1) is 0 Å². The van der Waals surface area contributed by atoms with Gasteiger partial charge >= 0.3 is 5.97 Å². The van der Waals surface area contributed by atoms with E-state index in [2.05, 4.69) is 6.58 Å². The van der Waals surface area contributed by atoms with E-state index in [1.165, 1.54) is 26.0 Å². The van der Waals surface area contributed by atoms with Crippen molar-refractivity contribution in [2.45, 2.75) is 4.90 Å². The highest BCUT2D eigenvalue weighted by Gasteiger charge is 2.16. The lowest BCUT2D eigenvalue weighted by Gasteiger charge is -2.13. The molecule has 92 valence electrons. The van der Waals surface area contributed by atoms with Crippen molar-refractivity contribution in [2.75, 3.05) is 20.5 Å². The molecule has 5 heteroatoms. The molecule has 0 aliphatic heterocycles. The number of carboxylic acid groups (broad SMARTS) is 1. The predicted molar refractivity (Wildman–Crippen MR) is 68.0 cm³/mol. The molecule has 0 aliphatic carbocycles. The molecule has 0 saturated carbocycles. The van der Waals surface area contributed by atoms with Gasteiger partial charge < -0.3 is 14.6 Å². The van der Waals surface area contributed by atoms with Gasteiger partial charge in [0.15, 0.2) is 0 Å². The quantitative estimate of drug-likeness (QED) is 0.646. The smallest absolute Gasteiger partial charge is 0.335 e. The van der Waals surface area contributed by atoms with Crippen LogP contribution in [-0.2, 0) is 4.79 Å². The molecule has 0 unspecified atom stereocenters. The summed E-state index contributed by atoms with van der Waals surface area (Å²) in [5, 5.41) is 8.94. The van der Waals surface area contributed by atoms with Crippen LogP contribution < -0.4 is 9.47 Å². The molecule has 0 atom stereocenters. The molecule has 0 amide bonds. The molecule has 0 bridgehead atoms. The molecule has 0 aromatic heterocycles. The fourth-order valence-electron chi connectivity index (χ4n) is 1.38. The maximum absolute atomic E-state index is 10.9. The topological polar surface area (TPSA) is 55.8 Å². The van der Waals surface area contributed by atoms with Crippen LogP contribution in [0.2, 0.25) is 0 Å². The fraction of sp³-hybridized carbons (Fsp3) is 0.250. The van der Waals surface area contributed by atoms with Crippen LogP contribution >= 0.6 is 11.8 Å². The number of rotatable bonds is 5. The van der Waals surface area contributed by atoms with Gasteiger partial charge in [0.2, 0.25) is 0 Å². The van der Waals surface area contributed by atoms with E-state index in [4.69, 9.17) is 14.6 Å². The molecule has 0 radical (unpaired) electrons. The van der Waals surface area contributed by atoms with Crippen molar-refractivity contribution in [2.24, 2.45) is 0 Å². The Bertz CT molecular complexity index is 454. The van der Waals surface area contributed by atoms with E-state index in [0.29, 0.717) is 17.1 Å². The van der Waals surface area contributed by atoms with Crippen molar-refractivity contribution >= 4 is 23.3 Å². The molecule has 0 fully saturated rings. The highest BCUT2D eigenvalue weighted by Crippen LogP contribution is 2.37. The zero-order chi connectivity index (χ0) is 13.0. The third kappa shape index (κ3) is 2.74. The van der Waals surface area contributed by atoms with E-state index in [9.17, 15) is 4.79 Å². The second kappa shape index (κ2) is 5.63. The van der Waals surface area contributed by atoms with Crippen molar-refractivity contribution in [3.8, 4) is 11.5 Å². The molecule has 0 heterocycles. The first-order valence-corrected chi connectivity index (χ1v) is 6.00. The van der Waals surface area contributed by atoms with Gasteiger partial charge in [-0.1, -0.05) is 6.58 Å². The first-order valence-electron chi connectivity index (χ1n) is 4.77. The van der Waals surface area contributed by atoms with Gasteiger partial charge in [0.1, 0.15) is 11.5 Å². The number of carbonyl (C=O) groups is 1. The van der Waals surface area contributed by atoms with Crippen LogP contribution in [-0.4, -0.2) is 31.6 Å². The molecule has 1 aromatic rings. The average molecular weight is 254 g/mol. The maximum atomic E-state index is 10.9. The summed E-state index contributed by atoms with van der Waals surface area (Å²) in [6.07, 6.45) is 1.91. The fourth-order valence-corrected chi connectivity index (χ4v) is 1.95. The largest absolute Gasteiger partial charge is 0.496 e. The third-order valence-electron chi connectivity index (χ3n) is 2.29. The van der Waals surface area contributed by atoms with Crippen LogP contribution in [0.3, 0.4) is 0 Å². The number of hydrogen-bond donors (Lipinski definition) is 1. The van der Waals surface area contributed by atoms with Crippen LogP contribution in [0.5, 0.6) is 11.5 Å². The number of methoxy groups -OCH3 is 2. The number of ether oxygens (including phenoxy) is 2. The summed E-state index contributed by atoms with van der Waals surface area (Å²) >= 11 is 1.50. The van der Waals surface area contributed by atoms with E-state index < -0.39 is 5.97 Å². The molecular weight excluding hydrogens is 240 g/mol. The van der Waals surface area contributed by atoms with Gasteiger partial charge in [0, 0.05) is 5.56 Å². The average Bonchev–Trinajstić information content (AvgIpc) is 2.35. The lowest BCUT2D eigenvalue weighted by molar-refractivity contribution is -0.130. The second-order valence-corrected chi connectivity index (χ2v) is 4.04.